The zero-order valence-corrected chi connectivity index (χ0v) is 18.2. The molecule has 3 aromatic carbocycles. The second-order valence-corrected chi connectivity index (χ2v) is 8.44. The van der Waals surface area contributed by atoms with Crippen molar-refractivity contribution in [2.45, 2.75) is 11.4 Å². The molecule has 0 bridgehead atoms. The summed E-state index contributed by atoms with van der Waals surface area (Å²) in [5.74, 6) is -0.159. The lowest BCUT2D eigenvalue weighted by Crippen LogP contribution is -2.16. The maximum Gasteiger partial charge on any atom is 0.285 e. The van der Waals surface area contributed by atoms with Gasteiger partial charge in [0.2, 0.25) is 0 Å². The van der Waals surface area contributed by atoms with Crippen LogP contribution in [0.5, 0.6) is 0 Å². The van der Waals surface area contributed by atoms with Gasteiger partial charge >= 0.3 is 0 Å². The third kappa shape index (κ3) is 4.81. The molecule has 156 valence electrons. The Labute approximate surface area is 185 Å². The number of para-hydroxylation sites is 1. The number of hydrogen-bond acceptors (Lipinski definition) is 3. The minimum absolute atomic E-state index is 0.0389. The first-order chi connectivity index (χ1) is 15.0. The molecule has 6 heteroatoms. The number of amides is 2. The third-order valence-electron chi connectivity index (χ3n) is 4.91. The van der Waals surface area contributed by atoms with Crippen molar-refractivity contribution in [3.63, 3.8) is 0 Å². The number of fused-ring (bicyclic) bond motifs is 1. The van der Waals surface area contributed by atoms with E-state index in [9.17, 15) is 9.59 Å². The minimum atomic E-state index is -0.159. The van der Waals surface area contributed by atoms with Gasteiger partial charge in [-0.25, -0.2) is 0 Å². The zero-order chi connectivity index (χ0) is 21.8. The van der Waals surface area contributed by atoms with E-state index in [1.165, 1.54) is 10.5 Å². The van der Waals surface area contributed by atoms with Crippen LogP contribution in [0.25, 0.3) is 10.9 Å². The lowest BCUT2D eigenvalue weighted by atomic mass is 10.1. The Hall–Kier alpha value is -3.51. The number of anilines is 1. The molecule has 5 nitrogen and oxygen atoms in total. The molecule has 1 aromatic heterocycles. The number of carbonyl (C=O) groups excluding carboxylic acids is 2. The normalized spacial score (nSPS) is 10.8. The highest BCUT2D eigenvalue weighted by molar-refractivity contribution is 8.13. The van der Waals surface area contributed by atoms with E-state index in [1.54, 1.807) is 14.1 Å². The number of thioether (sulfide) groups is 1. The van der Waals surface area contributed by atoms with E-state index in [2.05, 4.69) is 22.0 Å². The fourth-order valence-electron chi connectivity index (χ4n) is 3.34. The fraction of sp³-hybridized carbons (Fsp3) is 0.120. The fourth-order valence-corrected chi connectivity index (χ4v) is 3.99. The molecule has 2 amide bonds. The largest absolute Gasteiger partial charge is 0.342 e. The van der Waals surface area contributed by atoms with E-state index in [1.807, 2.05) is 72.9 Å². The first-order valence-corrected chi connectivity index (χ1v) is 10.8. The van der Waals surface area contributed by atoms with Crippen LogP contribution in [-0.2, 0) is 6.54 Å². The number of nitrogens with one attached hydrogen (secondary N) is 1. The molecule has 0 radical (unpaired) electrons. The van der Waals surface area contributed by atoms with Gasteiger partial charge in [-0.3, -0.25) is 9.59 Å². The van der Waals surface area contributed by atoms with E-state index in [0.29, 0.717) is 17.8 Å². The second kappa shape index (κ2) is 9.10. The van der Waals surface area contributed by atoms with Crippen molar-refractivity contribution in [3.05, 3.63) is 96.2 Å². The summed E-state index contributed by atoms with van der Waals surface area (Å²) in [5, 5.41) is 3.85. The van der Waals surface area contributed by atoms with E-state index in [-0.39, 0.29) is 11.1 Å². The minimum Gasteiger partial charge on any atom is -0.342 e. The average molecular weight is 430 g/mol. The van der Waals surface area contributed by atoms with E-state index >= 15 is 0 Å². The summed E-state index contributed by atoms with van der Waals surface area (Å²) in [6.45, 7) is 0.695. The highest BCUT2D eigenvalue weighted by atomic mass is 32.2. The Morgan fingerprint density at radius 3 is 2.29 bits per heavy atom. The van der Waals surface area contributed by atoms with Crippen LogP contribution in [-0.4, -0.2) is 34.7 Å². The van der Waals surface area contributed by atoms with Crippen molar-refractivity contribution in [3.8, 4) is 0 Å². The monoisotopic (exact) mass is 429 g/mol. The number of aromatic nitrogens is 1. The highest BCUT2D eigenvalue weighted by Crippen LogP contribution is 2.25. The Kier molecular flexibility index (Phi) is 6.09. The molecule has 0 atom stereocenters. The summed E-state index contributed by atoms with van der Waals surface area (Å²) in [6, 6.07) is 25.4. The molecule has 0 aliphatic rings. The predicted octanol–water partition coefficient (Wildman–Crippen LogP) is 5.72. The molecule has 1 heterocycles. The van der Waals surface area contributed by atoms with Gasteiger partial charge in [-0.15, -0.1) is 0 Å². The molecule has 0 aliphatic heterocycles. The molecular weight excluding hydrogens is 406 g/mol. The Balaban J connectivity index is 1.55. The average Bonchev–Trinajstić information content (AvgIpc) is 3.14. The van der Waals surface area contributed by atoms with Crippen LogP contribution in [0.1, 0.15) is 15.9 Å². The topological polar surface area (TPSA) is 54.3 Å². The third-order valence-corrected chi connectivity index (χ3v) is 5.96. The first kappa shape index (κ1) is 20.8. The quantitative estimate of drug-likeness (QED) is 0.413. The molecular formula is C25H23N3O2S. The Morgan fingerprint density at radius 2 is 1.58 bits per heavy atom. The first-order valence-electron chi connectivity index (χ1n) is 9.93. The van der Waals surface area contributed by atoms with Crippen LogP contribution < -0.4 is 5.32 Å². The Bertz CT molecular complexity index is 1210. The van der Waals surface area contributed by atoms with Gasteiger partial charge in [-0.05, 0) is 47.7 Å². The maximum absolute atomic E-state index is 13.1. The van der Waals surface area contributed by atoms with Crippen LogP contribution >= 0.6 is 11.8 Å². The molecule has 4 aromatic rings. The van der Waals surface area contributed by atoms with E-state index in [0.717, 1.165) is 27.6 Å². The summed E-state index contributed by atoms with van der Waals surface area (Å²) >= 11 is 1.15. The second-order valence-electron chi connectivity index (χ2n) is 7.41. The van der Waals surface area contributed by atoms with Gasteiger partial charge in [0.1, 0.15) is 0 Å². The highest BCUT2D eigenvalue weighted by Gasteiger charge is 2.15. The van der Waals surface area contributed by atoms with Gasteiger partial charge < -0.3 is 14.8 Å². The van der Waals surface area contributed by atoms with Crippen molar-refractivity contribution in [1.29, 1.82) is 0 Å². The van der Waals surface area contributed by atoms with E-state index in [4.69, 9.17) is 0 Å². The van der Waals surface area contributed by atoms with Gasteiger partial charge in [-0.1, -0.05) is 48.5 Å². The number of carbonyl (C=O) groups is 2. The standard InChI is InChI=1S/C25H23N3O2S/c1-27(2)25(30)31-20-14-12-19(13-15-20)26-24(29)22-17-28(16-18-8-4-3-5-9-18)23-11-7-6-10-21(22)23/h3-15,17H,16H2,1-2H3,(H,26,29). The molecule has 0 spiro atoms. The molecule has 0 aliphatic carbocycles. The molecule has 0 saturated carbocycles. The van der Waals surface area contributed by atoms with E-state index < -0.39 is 0 Å². The van der Waals surface area contributed by atoms with Crippen molar-refractivity contribution in [1.82, 2.24) is 9.47 Å². The zero-order valence-electron chi connectivity index (χ0n) is 17.4. The molecule has 0 saturated heterocycles. The van der Waals surface area contributed by atoms with Gasteiger partial charge in [0.05, 0.1) is 5.56 Å². The molecule has 0 unspecified atom stereocenters. The predicted molar refractivity (Wildman–Crippen MR) is 127 cm³/mol. The van der Waals surface area contributed by atoms with Gasteiger partial charge in [-0.2, -0.15) is 0 Å². The van der Waals surface area contributed by atoms with Crippen molar-refractivity contribution in [2.24, 2.45) is 0 Å². The van der Waals surface area contributed by atoms with Crippen molar-refractivity contribution < 1.29 is 9.59 Å². The van der Waals surface area contributed by atoms with Crippen LogP contribution in [0.2, 0.25) is 0 Å². The summed E-state index contributed by atoms with van der Waals surface area (Å²) in [4.78, 5) is 27.3. The van der Waals surface area contributed by atoms with Crippen LogP contribution in [0, 0.1) is 0 Å². The Morgan fingerprint density at radius 1 is 0.903 bits per heavy atom. The number of hydrogen-bond donors (Lipinski definition) is 1. The molecule has 1 N–H and O–H groups in total. The van der Waals surface area contributed by atoms with Crippen LogP contribution in [0.15, 0.2) is 90.0 Å². The molecule has 31 heavy (non-hydrogen) atoms. The summed E-state index contributed by atoms with van der Waals surface area (Å²) in [5.41, 5.74) is 3.51. The van der Waals surface area contributed by atoms with Gasteiger partial charge in [0, 0.05) is 48.3 Å². The summed E-state index contributed by atoms with van der Waals surface area (Å²) in [6.07, 6.45) is 1.91. The SMILES string of the molecule is CN(C)C(=O)Sc1ccc(NC(=O)c2cn(Cc3ccccc3)c3ccccc23)cc1. The lowest BCUT2D eigenvalue weighted by molar-refractivity contribution is 0.102. The molecule has 0 fully saturated rings. The maximum atomic E-state index is 13.1. The smallest absolute Gasteiger partial charge is 0.285 e. The van der Waals surface area contributed by atoms with Crippen LogP contribution in [0.4, 0.5) is 10.5 Å². The number of benzene rings is 3. The number of nitrogens with zero attached hydrogens (tertiary/aromatic N) is 2. The summed E-state index contributed by atoms with van der Waals surface area (Å²) in [7, 11) is 3.44. The summed E-state index contributed by atoms with van der Waals surface area (Å²) < 4.78 is 2.10. The number of rotatable bonds is 5. The van der Waals surface area contributed by atoms with Gasteiger partial charge in [0.25, 0.3) is 11.1 Å². The lowest BCUT2D eigenvalue weighted by Gasteiger charge is -2.09. The van der Waals surface area contributed by atoms with Crippen molar-refractivity contribution >= 4 is 39.5 Å². The molecule has 4 rings (SSSR count). The van der Waals surface area contributed by atoms with Gasteiger partial charge in [0.15, 0.2) is 0 Å². The van der Waals surface area contributed by atoms with Crippen molar-refractivity contribution in [2.75, 3.05) is 19.4 Å². The van der Waals surface area contributed by atoms with Crippen LogP contribution in [0.3, 0.4) is 0 Å².